The van der Waals surface area contributed by atoms with Crippen LogP contribution in [0.2, 0.25) is 0 Å². The standard InChI is InChI=1S/C22H19NO3S/c1-26-21-13-9-19(10-14-21)20-11-15-22(16-12-20)27(24,25)23-17-5-8-18-6-3-2-4-7-18/h2-4,6-7,9-16,23H,17H2,1H3. The minimum Gasteiger partial charge on any atom is -0.497 e. The van der Waals surface area contributed by atoms with Gasteiger partial charge < -0.3 is 4.74 Å². The minimum absolute atomic E-state index is 0.0530. The van der Waals surface area contributed by atoms with Gasteiger partial charge in [0.05, 0.1) is 18.6 Å². The van der Waals surface area contributed by atoms with E-state index in [0.717, 1.165) is 22.4 Å². The van der Waals surface area contributed by atoms with Crippen molar-refractivity contribution >= 4 is 10.0 Å². The number of ether oxygens (including phenoxy) is 1. The summed E-state index contributed by atoms with van der Waals surface area (Å²) >= 11 is 0. The molecule has 0 fully saturated rings. The van der Waals surface area contributed by atoms with E-state index in [1.165, 1.54) is 0 Å². The lowest BCUT2D eigenvalue weighted by atomic mass is 10.1. The first kappa shape index (κ1) is 18.7. The second kappa shape index (κ2) is 8.54. The molecule has 0 saturated carbocycles. The van der Waals surface area contributed by atoms with Crippen molar-refractivity contribution in [1.29, 1.82) is 0 Å². The summed E-state index contributed by atoms with van der Waals surface area (Å²) in [4.78, 5) is 0.210. The summed E-state index contributed by atoms with van der Waals surface area (Å²) in [7, 11) is -1.98. The van der Waals surface area contributed by atoms with E-state index >= 15 is 0 Å². The summed E-state index contributed by atoms with van der Waals surface area (Å²) in [5.74, 6) is 6.52. The van der Waals surface area contributed by atoms with Crippen molar-refractivity contribution in [2.24, 2.45) is 0 Å². The molecule has 0 aliphatic heterocycles. The molecule has 0 saturated heterocycles. The Hall–Kier alpha value is -3.07. The topological polar surface area (TPSA) is 55.4 Å². The van der Waals surface area contributed by atoms with E-state index in [1.807, 2.05) is 54.6 Å². The second-order valence-electron chi connectivity index (χ2n) is 5.75. The van der Waals surface area contributed by atoms with Crippen LogP contribution in [0.5, 0.6) is 5.75 Å². The summed E-state index contributed by atoms with van der Waals surface area (Å²) in [6.45, 7) is 0.0530. The van der Waals surface area contributed by atoms with Crippen molar-refractivity contribution in [3.63, 3.8) is 0 Å². The predicted octanol–water partition coefficient (Wildman–Crippen LogP) is 3.69. The van der Waals surface area contributed by atoms with Crippen molar-refractivity contribution in [3.8, 4) is 28.7 Å². The van der Waals surface area contributed by atoms with Crippen molar-refractivity contribution in [3.05, 3.63) is 84.4 Å². The van der Waals surface area contributed by atoms with Crippen molar-refractivity contribution in [1.82, 2.24) is 4.72 Å². The Balaban J connectivity index is 1.67. The van der Waals surface area contributed by atoms with Gasteiger partial charge >= 0.3 is 0 Å². The van der Waals surface area contributed by atoms with Gasteiger partial charge in [-0.3, -0.25) is 0 Å². The fourth-order valence-electron chi connectivity index (χ4n) is 2.49. The number of hydrogen-bond donors (Lipinski definition) is 1. The third-order valence-corrected chi connectivity index (χ3v) is 5.36. The van der Waals surface area contributed by atoms with E-state index in [-0.39, 0.29) is 11.4 Å². The average Bonchev–Trinajstić information content (AvgIpc) is 2.72. The van der Waals surface area contributed by atoms with E-state index < -0.39 is 10.0 Å². The Morgan fingerprint density at radius 2 is 1.44 bits per heavy atom. The molecule has 4 nitrogen and oxygen atoms in total. The predicted molar refractivity (Wildman–Crippen MR) is 107 cm³/mol. The molecule has 0 spiro atoms. The molecule has 0 aliphatic rings. The molecule has 0 unspecified atom stereocenters. The second-order valence-corrected chi connectivity index (χ2v) is 7.51. The lowest BCUT2D eigenvalue weighted by molar-refractivity contribution is 0.415. The summed E-state index contributed by atoms with van der Waals surface area (Å²) < 4.78 is 32.4. The van der Waals surface area contributed by atoms with Crippen LogP contribution in [0.15, 0.2) is 83.8 Å². The summed E-state index contributed by atoms with van der Waals surface area (Å²) in [5.41, 5.74) is 2.77. The largest absolute Gasteiger partial charge is 0.497 e. The van der Waals surface area contributed by atoms with Crippen molar-refractivity contribution < 1.29 is 13.2 Å². The van der Waals surface area contributed by atoms with Crippen LogP contribution < -0.4 is 9.46 Å². The molecule has 0 aliphatic carbocycles. The van der Waals surface area contributed by atoms with E-state index in [2.05, 4.69) is 16.6 Å². The van der Waals surface area contributed by atoms with Gasteiger partial charge in [0.2, 0.25) is 10.0 Å². The van der Waals surface area contributed by atoms with Gasteiger partial charge in [-0.1, -0.05) is 54.3 Å². The number of benzene rings is 3. The highest BCUT2D eigenvalue weighted by Crippen LogP contribution is 2.23. The number of hydrogen-bond acceptors (Lipinski definition) is 3. The molecule has 0 radical (unpaired) electrons. The van der Waals surface area contributed by atoms with Crippen molar-refractivity contribution in [2.75, 3.05) is 13.7 Å². The van der Waals surface area contributed by atoms with E-state index in [0.29, 0.717) is 0 Å². The van der Waals surface area contributed by atoms with Gasteiger partial charge in [-0.15, -0.1) is 0 Å². The number of methoxy groups -OCH3 is 1. The molecule has 3 rings (SSSR count). The first-order valence-electron chi connectivity index (χ1n) is 8.36. The first-order chi connectivity index (χ1) is 13.1. The number of rotatable bonds is 5. The van der Waals surface area contributed by atoms with Gasteiger partial charge in [0.25, 0.3) is 0 Å². The van der Waals surface area contributed by atoms with Crippen LogP contribution >= 0.6 is 0 Å². The normalized spacial score (nSPS) is 10.7. The highest BCUT2D eigenvalue weighted by atomic mass is 32.2. The highest BCUT2D eigenvalue weighted by molar-refractivity contribution is 7.89. The third-order valence-electron chi connectivity index (χ3n) is 3.95. The van der Waals surface area contributed by atoms with Crippen LogP contribution in [-0.2, 0) is 10.0 Å². The molecule has 3 aromatic rings. The molecule has 0 amide bonds. The van der Waals surface area contributed by atoms with Crippen molar-refractivity contribution in [2.45, 2.75) is 4.90 Å². The Morgan fingerprint density at radius 3 is 2.04 bits per heavy atom. The quantitative estimate of drug-likeness (QED) is 0.690. The molecule has 0 heterocycles. The van der Waals surface area contributed by atoms with Gasteiger partial charge in [0.15, 0.2) is 0 Å². The Labute approximate surface area is 159 Å². The SMILES string of the molecule is COc1ccc(-c2ccc(S(=O)(=O)NCC#Cc3ccccc3)cc2)cc1. The van der Waals surface area contributed by atoms with Gasteiger partial charge in [-0.05, 0) is 47.5 Å². The van der Waals surface area contributed by atoms with Gasteiger partial charge in [-0.2, -0.15) is 4.72 Å². The highest BCUT2D eigenvalue weighted by Gasteiger charge is 2.12. The number of nitrogens with one attached hydrogen (secondary N) is 1. The van der Waals surface area contributed by atoms with E-state index in [4.69, 9.17) is 4.74 Å². The molecule has 3 aromatic carbocycles. The molecular weight excluding hydrogens is 358 g/mol. The molecule has 1 N–H and O–H groups in total. The van der Waals surface area contributed by atoms with E-state index in [1.54, 1.807) is 31.4 Å². The van der Waals surface area contributed by atoms with Crippen LogP contribution in [0.25, 0.3) is 11.1 Å². The van der Waals surface area contributed by atoms with Gasteiger partial charge in [-0.25, -0.2) is 8.42 Å². The zero-order chi connectivity index (χ0) is 19.1. The maximum atomic E-state index is 12.4. The maximum absolute atomic E-state index is 12.4. The summed E-state index contributed by atoms with van der Waals surface area (Å²) in [5, 5.41) is 0. The molecular formula is C22H19NO3S. The monoisotopic (exact) mass is 377 g/mol. The van der Waals surface area contributed by atoms with E-state index in [9.17, 15) is 8.42 Å². The third kappa shape index (κ3) is 4.98. The first-order valence-corrected chi connectivity index (χ1v) is 9.85. The fraction of sp³-hybridized carbons (Fsp3) is 0.0909. The summed E-state index contributed by atoms with van der Waals surface area (Å²) in [6, 6.07) is 23.8. The van der Waals surface area contributed by atoms with Crippen LogP contribution in [0.4, 0.5) is 0 Å². The zero-order valence-electron chi connectivity index (χ0n) is 14.8. The molecule has 5 heteroatoms. The maximum Gasteiger partial charge on any atom is 0.241 e. The summed E-state index contributed by atoms with van der Waals surface area (Å²) in [6.07, 6.45) is 0. The van der Waals surface area contributed by atoms with Gasteiger partial charge in [0.1, 0.15) is 5.75 Å². The molecule has 27 heavy (non-hydrogen) atoms. The molecule has 0 bridgehead atoms. The zero-order valence-corrected chi connectivity index (χ0v) is 15.7. The lowest BCUT2D eigenvalue weighted by Gasteiger charge is -2.07. The fourth-order valence-corrected chi connectivity index (χ4v) is 3.42. The van der Waals surface area contributed by atoms with Crippen LogP contribution in [0.3, 0.4) is 0 Å². The van der Waals surface area contributed by atoms with Crippen LogP contribution in [-0.4, -0.2) is 22.1 Å². The lowest BCUT2D eigenvalue weighted by Crippen LogP contribution is -2.23. The molecule has 0 atom stereocenters. The minimum atomic E-state index is -3.60. The van der Waals surface area contributed by atoms with Gasteiger partial charge in [0, 0.05) is 5.56 Å². The Morgan fingerprint density at radius 1 is 0.852 bits per heavy atom. The Bertz CT molecular complexity index is 1050. The average molecular weight is 377 g/mol. The smallest absolute Gasteiger partial charge is 0.241 e. The number of sulfonamides is 1. The molecule has 0 aromatic heterocycles. The Kier molecular flexibility index (Phi) is 5.92. The molecule has 136 valence electrons. The van der Waals surface area contributed by atoms with Crippen LogP contribution in [0.1, 0.15) is 5.56 Å². The van der Waals surface area contributed by atoms with Crippen LogP contribution in [0, 0.1) is 11.8 Å².